The fraction of sp³-hybridized carbons (Fsp3) is 0.536. The molecule has 0 spiro atoms. The lowest BCUT2D eigenvalue weighted by Gasteiger charge is -2.53. The number of phenols is 1. The minimum atomic E-state index is -0.541. The number of hydrogen-bond acceptors (Lipinski definition) is 5. The summed E-state index contributed by atoms with van der Waals surface area (Å²) < 4.78 is 21.4. The third kappa shape index (κ3) is 4.40. The normalized spacial score (nSPS) is 31.4. The molecule has 2 aromatic carbocycles. The van der Waals surface area contributed by atoms with Gasteiger partial charge in [0.15, 0.2) is 0 Å². The Labute approximate surface area is 206 Å². The second kappa shape index (κ2) is 9.10. The lowest BCUT2D eigenvalue weighted by Crippen LogP contribution is -2.51. The molecule has 35 heavy (non-hydrogen) atoms. The number of nitrogens with one attached hydrogen (secondary N) is 1. The molecular formula is C28H35FN2O4. The number of aliphatic hydroxyl groups excluding tert-OH is 1. The summed E-state index contributed by atoms with van der Waals surface area (Å²) in [7, 11) is 3.56. The van der Waals surface area contributed by atoms with Crippen LogP contribution in [0.2, 0.25) is 0 Å². The van der Waals surface area contributed by atoms with Gasteiger partial charge in [-0.15, -0.1) is 0 Å². The first-order chi connectivity index (χ1) is 16.7. The summed E-state index contributed by atoms with van der Waals surface area (Å²) in [6, 6.07) is 10.2. The molecular weight excluding hydrogens is 447 g/mol. The van der Waals surface area contributed by atoms with Gasteiger partial charge >= 0.3 is 0 Å². The molecule has 3 aliphatic carbocycles. The van der Waals surface area contributed by atoms with Crippen LogP contribution < -0.4 is 10.1 Å². The van der Waals surface area contributed by atoms with Crippen LogP contribution in [-0.2, 0) is 11.2 Å². The van der Waals surface area contributed by atoms with Gasteiger partial charge in [-0.05, 0) is 93.4 Å². The second-order valence-corrected chi connectivity index (χ2v) is 11.1. The number of rotatable bonds is 5. The number of benzene rings is 2. The molecule has 0 bridgehead atoms. The minimum Gasteiger partial charge on any atom is -0.508 e. The first kappa shape index (κ1) is 24.1. The maximum Gasteiger partial charge on any atom is 0.238 e. The van der Waals surface area contributed by atoms with E-state index in [2.05, 4.69) is 12.2 Å². The van der Waals surface area contributed by atoms with Gasteiger partial charge in [-0.25, -0.2) is 4.39 Å². The van der Waals surface area contributed by atoms with Gasteiger partial charge in [0.05, 0.1) is 18.3 Å². The van der Waals surface area contributed by atoms with E-state index in [1.54, 1.807) is 37.2 Å². The van der Waals surface area contributed by atoms with Crippen molar-refractivity contribution in [2.75, 3.05) is 26.0 Å². The number of nitrogens with zero attached hydrogens (tertiary/aromatic N) is 1. The monoisotopic (exact) mass is 482 g/mol. The Balaban J connectivity index is 1.44. The Morgan fingerprint density at radius 3 is 2.74 bits per heavy atom. The average molecular weight is 483 g/mol. The van der Waals surface area contributed by atoms with E-state index in [4.69, 9.17) is 4.74 Å². The number of phenolic OH excluding ortho intramolecular Hbond substituents is 1. The SMILES string of the molecule is CN(C)CC(=O)Nc1ccc(O[C@H]2C[C@]3(C)[C@@H](O)CC[C@H]3[C@@H]3CCc4cc(O)ccc4[C@H]32)cc1F. The number of hydrogen-bond donors (Lipinski definition) is 3. The lowest BCUT2D eigenvalue weighted by molar-refractivity contribution is -0.116. The zero-order chi connectivity index (χ0) is 24.9. The van der Waals surface area contributed by atoms with Crippen LogP contribution in [0.3, 0.4) is 0 Å². The van der Waals surface area contributed by atoms with Crippen molar-refractivity contribution >= 4 is 11.6 Å². The van der Waals surface area contributed by atoms with Gasteiger partial charge in [0.1, 0.15) is 23.4 Å². The number of carbonyl (C=O) groups is 1. The van der Waals surface area contributed by atoms with Gasteiger partial charge in [0, 0.05) is 17.4 Å². The van der Waals surface area contributed by atoms with E-state index in [1.807, 2.05) is 12.1 Å². The number of aryl methyl sites for hydroxylation is 1. The van der Waals surface area contributed by atoms with E-state index in [9.17, 15) is 19.4 Å². The summed E-state index contributed by atoms with van der Waals surface area (Å²) in [5.74, 6) is 0.751. The molecule has 188 valence electrons. The summed E-state index contributed by atoms with van der Waals surface area (Å²) >= 11 is 0. The maximum atomic E-state index is 14.9. The third-order valence-corrected chi connectivity index (χ3v) is 8.57. The molecule has 0 unspecified atom stereocenters. The Morgan fingerprint density at radius 2 is 2.00 bits per heavy atom. The zero-order valence-corrected chi connectivity index (χ0v) is 20.6. The Bertz CT molecular complexity index is 1120. The molecule has 1 amide bonds. The van der Waals surface area contributed by atoms with Gasteiger partial charge in [-0.3, -0.25) is 4.79 Å². The molecule has 0 radical (unpaired) electrons. The van der Waals surface area contributed by atoms with Crippen molar-refractivity contribution < 1.29 is 24.1 Å². The number of amides is 1. The van der Waals surface area contributed by atoms with Crippen molar-refractivity contribution in [3.63, 3.8) is 0 Å². The van der Waals surface area contributed by atoms with E-state index in [-0.39, 0.29) is 47.4 Å². The van der Waals surface area contributed by atoms with Crippen molar-refractivity contribution in [2.45, 2.75) is 57.2 Å². The molecule has 0 heterocycles. The molecule has 0 saturated heterocycles. The number of halogens is 1. The molecule has 3 aliphatic rings. The number of carbonyl (C=O) groups excluding carboxylic acids is 1. The van der Waals surface area contributed by atoms with E-state index in [0.29, 0.717) is 24.0 Å². The van der Waals surface area contributed by atoms with E-state index in [1.165, 1.54) is 11.6 Å². The van der Waals surface area contributed by atoms with Crippen LogP contribution in [0.5, 0.6) is 11.5 Å². The quantitative estimate of drug-likeness (QED) is 0.592. The molecule has 2 aromatic rings. The molecule has 5 rings (SSSR count). The number of aromatic hydroxyl groups is 1. The fourth-order valence-electron chi connectivity index (χ4n) is 7.03. The van der Waals surface area contributed by atoms with Gasteiger partial charge in [-0.2, -0.15) is 0 Å². The summed E-state index contributed by atoms with van der Waals surface area (Å²) in [5.41, 5.74) is 2.23. The fourth-order valence-corrected chi connectivity index (χ4v) is 7.03. The summed E-state index contributed by atoms with van der Waals surface area (Å²) in [6.45, 7) is 2.35. The number of fused-ring (bicyclic) bond motifs is 5. The number of aliphatic hydroxyl groups is 1. The van der Waals surface area contributed by atoms with Crippen molar-refractivity contribution in [1.29, 1.82) is 0 Å². The Hall–Kier alpha value is -2.64. The van der Waals surface area contributed by atoms with Crippen molar-refractivity contribution in [3.8, 4) is 11.5 Å². The predicted octanol–water partition coefficient (Wildman–Crippen LogP) is 4.31. The largest absolute Gasteiger partial charge is 0.508 e. The van der Waals surface area contributed by atoms with Crippen LogP contribution in [0, 0.1) is 23.1 Å². The molecule has 6 nitrogen and oxygen atoms in total. The van der Waals surface area contributed by atoms with Gasteiger partial charge < -0.3 is 25.2 Å². The van der Waals surface area contributed by atoms with Crippen molar-refractivity contribution in [3.05, 3.63) is 53.3 Å². The van der Waals surface area contributed by atoms with Crippen LogP contribution in [0.25, 0.3) is 0 Å². The topological polar surface area (TPSA) is 82.0 Å². The number of likely N-dealkylation sites (N-methyl/N-ethyl adjacent to an activating group) is 1. The Kier molecular flexibility index (Phi) is 6.26. The molecule has 0 aliphatic heterocycles. The van der Waals surface area contributed by atoms with Gasteiger partial charge in [0.2, 0.25) is 5.91 Å². The Morgan fingerprint density at radius 1 is 1.20 bits per heavy atom. The predicted molar refractivity (Wildman–Crippen MR) is 132 cm³/mol. The summed E-state index contributed by atoms with van der Waals surface area (Å²) in [5, 5.41) is 23.6. The van der Waals surface area contributed by atoms with Crippen LogP contribution in [0.15, 0.2) is 36.4 Å². The molecule has 7 heteroatoms. The zero-order valence-electron chi connectivity index (χ0n) is 20.6. The van der Waals surface area contributed by atoms with Crippen LogP contribution in [0.4, 0.5) is 10.1 Å². The van der Waals surface area contributed by atoms with Crippen LogP contribution >= 0.6 is 0 Å². The van der Waals surface area contributed by atoms with Crippen LogP contribution in [-0.4, -0.2) is 53.9 Å². The maximum absolute atomic E-state index is 14.9. The van der Waals surface area contributed by atoms with E-state index in [0.717, 1.165) is 31.2 Å². The number of anilines is 1. The first-order valence-electron chi connectivity index (χ1n) is 12.6. The van der Waals surface area contributed by atoms with Gasteiger partial charge in [0.25, 0.3) is 0 Å². The van der Waals surface area contributed by atoms with Crippen molar-refractivity contribution in [2.24, 2.45) is 17.3 Å². The van der Waals surface area contributed by atoms with Crippen molar-refractivity contribution in [1.82, 2.24) is 4.90 Å². The highest BCUT2D eigenvalue weighted by Crippen LogP contribution is 2.61. The summed E-state index contributed by atoms with van der Waals surface area (Å²) in [6.07, 6.45) is 3.78. The molecule has 3 N–H and O–H groups in total. The molecule has 6 atom stereocenters. The highest BCUT2D eigenvalue weighted by atomic mass is 19.1. The summed E-state index contributed by atoms with van der Waals surface area (Å²) in [4.78, 5) is 13.8. The van der Waals surface area contributed by atoms with Crippen LogP contribution in [0.1, 0.15) is 49.7 Å². The molecule has 2 saturated carbocycles. The highest BCUT2D eigenvalue weighted by molar-refractivity contribution is 5.92. The number of ether oxygens (including phenoxy) is 1. The first-order valence-corrected chi connectivity index (χ1v) is 12.6. The smallest absolute Gasteiger partial charge is 0.238 e. The average Bonchev–Trinajstić information content (AvgIpc) is 3.08. The van der Waals surface area contributed by atoms with E-state index >= 15 is 0 Å². The molecule has 0 aromatic heterocycles. The highest BCUT2D eigenvalue weighted by Gasteiger charge is 2.58. The van der Waals surface area contributed by atoms with Gasteiger partial charge in [-0.1, -0.05) is 13.0 Å². The third-order valence-electron chi connectivity index (χ3n) is 8.57. The standard InChI is InChI=1S/C28H35FN2O4/c1-28-14-24(35-18-6-10-23(22(29)13-18)30-26(34)15-31(2)3)27-19-8-5-17(32)12-16(19)4-7-20(27)21(28)9-11-25(28)33/h5-6,8,10,12-13,20-21,24-25,27,32-33H,4,7,9,11,14-15H2,1-3H3,(H,30,34)/t20-,21-,24-,25-,27+,28-/m0/s1. The van der Waals surface area contributed by atoms with E-state index < -0.39 is 5.82 Å². The molecule has 2 fully saturated rings. The lowest BCUT2D eigenvalue weighted by atomic mass is 9.54. The second-order valence-electron chi connectivity index (χ2n) is 11.1. The minimum absolute atomic E-state index is 0.116.